The summed E-state index contributed by atoms with van der Waals surface area (Å²) in [6.07, 6.45) is 0. The number of phenols is 1. The van der Waals surface area contributed by atoms with Gasteiger partial charge in [0.05, 0.1) is 33.1 Å². The first-order valence-electron chi connectivity index (χ1n) is 8.48. The van der Waals surface area contributed by atoms with Crippen LogP contribution in [0, 0.1) is 19.3 Å². The molecule has 28 heavy (non-hydrogen) atoms. The molecular formula is C20H17ClN4O3. The summed E-state index contributed by atoms with van der Waals surface area (Å²) in [6.45, 7) is 3.61. The summed E-state index contributed by atoms with van der Waals surface area (Å²) in [5, 5.41) is 32.6. The van der Waals surface area contributed by atoms with E-state index in [1.165, 1.54) is 6.07 Å². The molecule has 2 aromatic heterocycles. The van der Waals surface area contributed by atoms with E-state index in [0.717, 1.165) is 16.5 Å². The highest BCUT2D eigenvalue weighted by Gasteiger charge is 2.27. The van der Waals surface area contributed by atoms with E-state index < -0.39 is 0 Å². The molecule has 4 rings (SSSR count). The largest absolute Gasteiger partial charge is 0.506 e. The molecule has 0 aliphatic rings. The third kappa shape index (κ3) is 2.64. The van der Waals surface area contributed by atoms with Gasteiger partial charge >= 0.3 is 0 Å². The summed E-state index contributed by atoms with van der Waals surface area (Å²) >= 11 is 6.16. The van der Waals surface area contributed by atoms with E-state index in [-0.39, 0.29) is 16.6 Å². The van der Waals surface area contributed by atoms with E-state index in [2.05, 4.69) is 5.16 Å². The maximum Gasteiger partial charge on any atom is 0.152 e. The summed E-state index contributed by atoms with van der Waals surface area (Å²) < 4.78 is 7.28. The molecule has 2 heterocycles. The lowest BCUT2D eigenvalue weighted by Gasteiger charge is -2.13. The average molecular weight is 397 g/mol. The molecular weight excluding hydrogens is 380 g/mol. The fourth-order valence-corrected chi connectivity index (χ4v) is 3.68. The molecule has 0 amide bonds. The normalized spacial score (nSPS) is 11.1. The Morgan fingerprint density at radius 3 is 2.61 bits per heavy atom. The number of nitrogens with one attached hydrogen (secondary N) is 2. The Morgan fingerprint density at radius 2 is 1.96 bits per heavy atom. The zero-order valence-electron chi connectivity index (χ0n) is 15.1. The quantitative estimate of drug-likeness (QED) is 0.230. The number of halogens is 1. The van der Waals surface area contributed by atoms with Crippen molar-refractivity contribution in [3.05, 3.63) is 64.5 Å². The number of fused-ring (bicyclic) bond motifs is 1. The molecule has 0 spiro atoms. The lowest BCUT2D eigenvalue weighted by molar-refractivity contribution is 0.234. The minimum absolute atomic E-state index is 0.0224. The molecule has 0 atom stereocenters. The summed E-state index contributed by atoms with van der Waals surface area (Å²) in [4.78, 5) is 0. The van der Waals surface area contributed by atoms with E-state index in [1.807, 2.05) is 41.2 Å². The van der Waals surface area contributed by atoms with Gasteiger partial charge in [-0.15, -0.1) is 0 Å². The fourth-order valence-electron chi connectivity index (χ4n) is 3.51. The molecule has 142 valence electrons. The number of nitrogens with zero attached hydrogens (tertiary/aromatic N) is 2. The Balaban J connectivity index is 2.21. The molecule has 0 aliphatic heterocycles. The Bertz CT molecular complexity index is 1210. The zero-order valence-corrected chi connectivity index (χ0v) is 15.9. The molecule has 8 heteroatoms. The minimum Gasteiger partial charge on any atom is -0.506 e. The maximum absolute atomic E-state index is 9.83. The molecule has 2 aromatic carbocycles. The number of phenolic OH excluding ortho intramolecular Hbond substituents is 1. The highest BCUT2D eigenvalue weighted by molar-refractivity contribution is 6.32. The van der Waals surface area contributed by atoms with E-state index in [9.17, 15) is 10.3 Å². The molecule has 0 radical (unpaired) electrons. The minimum atomic E-state index is -0.158. The van der Waals surface area contributed by atoms with Crippen LogP contribution < -0.4 is 5.48 Å². The van der Waals surface area contributed by atoms with Gasteiger partial charge in [0.25, 0.3) is 0 Å². The van der Waals surface area contributed by atoms with Gasteiger partial charge in [-0.05, 0) is 38.1 Å². The molecule has 0 bridgehead atoms. The first-order valence-corrected chi connectivity index (χ1v) is 8.86. The predicted molar refractivity (Wildman–Crippen MR) is 107 cm³/mol. The topological polar surface area (TPSA) is 107 Å². The van der Waals surface area contributed by atoms with Gasteiger partial charge in [-0.2, -0.15) is 0 Å². The molecule has 0 unspecified atom stereocenters. The Morgan fingerprint density at radius 1 is 1.21 bits per heavy atom. The molecule has 7 nitrogen and oxygen atoms in total. The van der Waals surface area contributed by atoms with Gasteiger partial charge in [-0.3, -0.25) is 16.1 Å². The lowest BCUT2D eigenvalue weighted by Crippen LogP contribution is -2.19. The van der Waals surface area contributed by atoms with Crippen LogP contribution in [0.15, 0.2) is 47.0 Å². The van der Waals surface area contributed by atoms with Crippen LogP contribution in [0.25, 0.3) is 27.8 Å². The molecule has 0 saturated carbocycles. The van der Waals surface area contributed by atoms with Crippen LogP contribution in [-0.2, 0) is 0 Å². The number of rotatable bonds is 3. The van der Waals surface area contributed by atoms with Crippen LogP contribution in [-0.4, -0.2) is 25.9 Å². The summed E-state index contributed by atoms with van der Waals surface area (Å²) in [5.74, 6) is 0.402. The standard InChI is InChI=1S/C20H17ClN4O3/c1-10-17(11(2)28-24-10)19-18(20(22)23-27)13-5-3-4-6-15(13)25(19)12-7-8-16(26)14(21)9-12/h3-9,26-27H,1-2H3,(H2,22,23). The van der Waals surface area contributed by atoms with Crippen molar-refractivity contribution in [3.8, 4) is 22.7 Å². The zero-order chi connectivity index (χ0) is 20.0. The van der Waals surface area contributed by atoms with Crippen molar-refractivity contribution in [2.75, 3.05) is 0 Å². The van der Waals surface area contributed by atoms with Crippen molar-refractivity contribution in [2.45, 2.75) is 13.8 Å². The number of amidine groups is 1. The molecule has 4 aromatic rings. The highest BCUT2D eigenvalue weighted by atomic mass is 35.5. The number of aryl methyl sites for hydroxylation is 2. The third-order valence-electron chi connectivity index (χ3n) is 4.70. The van der Waals surface area contributed by atoms with Crippen LogP contribution in [0.3, 0.4) is 0 Å². The fraction of sp³-hybridized carbons (Fsp3) is 0.100. The number of aromatic hydroxyl groups is 1. The van der Waals surface area contributed by atoms with Crippen molar-refractivity contribution in [1.82, 2.24) is 15.2 Å². The predicted octanol–water partition coefficient (Wildman–Crippen LogP) is 4.57. The van der Waals surface area contributed by atoms with Gasteiger partial charge in [0, 0.05) is 11.1 Å². The lowest BCUT2D eigenvalue weighted by atomic mass is 10.0. The number of benzene rings is 2. The van der Waals surface area contributed by atoms with Gasteiger partial charge in [-0.1, -0.05) is 35.0 Å². The summed E-state index contributed by atoms with van der Waals surface area (Å²) in [7, 11) is 0. The second kappa shape index (κ2) is 6.70. The van der Waals surface area contributed by atoms with Crippen LogP contribution in [0.2, 0.25) is 5.02 Å². The molecule has 0 fully saturated rings. The number of hydrogen-bond donors (Lipinski definition) is 4. The van der Waals surface area contributed by atoms with Crippen LogP contribution in [0.4, 0.5) is 0 Å². The first-order chi connectivity index (χ1) is 13.4. The average Bonchev–Trinajstić information content (AvgIpc) is 3.19. The van der Waals surface area contributed by atoms with E-state index >= 15 is 0 Å². The monoisotopic (exact) mass is 396 g/mol. The van der Waals surface area contributed by atoms with Gasteiger partial charge in [0.1, 0.15) is 11.5 Å². The van der Waals surface area contributed by atoms with Gasteiger partial charge in [-0.25, -0.2) is 0 Å². The summed E-state index contributed by atoms with van der Waals surface area (Å²) in [6, 6.07) is 12.4. The van der Waals surface area contributed by atoms with E-state index in [0.29, 0.717) is 28.4 Å². The van der Waals surface area contributed by atoms with Gasteiger partial charge < -0.3 is 14.2 Å². The van der Waals surface area contributed by atoms with Crippen LogP contribution >= 0.6 is 11.6 Å². The number of hydroxylamine groups is 1. The Labute approximate surface area is 165 Å². The van der Waals surface area contributed by atoms with Crippen LogP contribution in [0.1, 0.15) is 17.0 Å². The second-order valence-electron chi connectivity index (χ2n) is 6.40. The smallest absolute Gasteiger partial charge is 0.152 e. The Hall–Kier alpha value is -3.29. The van der Waals surface area contributed by atoms with Crippen molar-refractivity contribution >= 4 is 28.3 Å². The molecule has 0 aliphatic carbocycles. The van der Waals surface area contributed by atoms with Crippen molar-refractivity contribution in [3.63, 3.8) is 0 Å². The first kappa shape index (κ1) is 18.1. The second-order valence-corrected chi connectivity index (χ2v) is 6.81. The van der Waals surface area contributed by atoms with Crippen molar-refractivity contribution in [2.24, 2.45) is 0 Å². The summed E-state index contributed by atoms with van der Waals surface area (Å²) in [5.41, 5.74) is 5.94. The molecule has 4 N–H and O–H groups in total. The van der Waals surface area contributed by atoms with Crippen molar-refractivity contribution < 1.29 is 14.8 Å². The van der Waals surface area contributed by atoms with E-state index in [1.54, 1.807) is 19.1 Å². The Kier molecular flexibility index (Phi) is 4.33. The molecule has 0 saturated heterocycles. The van der Waals surface area contributed by atoms with Gasteiger partial charge in [0.2, 0.25) is 0 Å². The van der Waals surface area contributed by atoms with Crippen LogP contribution in [0.5, 0.6) is 5.75 Å². The van der Waals surface area contributed by atoms with E-state index in [4.69, 9.17) is 21.5 Å². The highest BCUT2D eigenvalue weighted by Crippen LogP contribution is 2.40. The number of aromatic nitrogens is 2. The number of para-hydroxylation sites is 1. The van der Waals surface area contributed by atoms with Gasteiger partial charge in [0.15, 0.2) is 5.84 Å². The van der Waals surface area contributed by atoms with Crippen molar-refractivity contribution in [1.29, 1.82) is 5.41 Å². The maximum atomic E-state index is 9.83. The number of hydrogen-bond acceptors (Lipinski definition) is 5. The third-order valence-corrected chi connectivity index (χ3v) is 5.00. The SMILES string of the molecule is Cc1noc(C)c1-c1c(C(=N)NO)c2ccccc2n1-c1ccc(O)c(Cl)c1.